The van der Waals surface area contributed by atoms with E-state index in [1.54, 1.807) is 6.08 Å². The van der Waals surface area contributed by atoms with Crippen LogP contribution in [-0.4, -0.2) is 24.3 Å². The highest BCUT2D eigenvalue weighted by atomic mass is 32.2. The van der Waals surface area contributed by atoms with Gasteiger partial charge in [0.2, 0.25) is 0 Å². The fraction of sp³-hybridized carbons (Fsp3) is 0.150. The van der Waals surface area contributed by atoms with Gasteiger partial charge in [-0.25, -0.2) is 4.79 Å². The standard InChI is InChI=1S/C20H18N2O4S/c1-12-8-13(10-17-18(23)22-20(25)27-17)6-7-16(12)15-5-3-4-14(9-15)11-26-19(24)21-2/h3-10H,11H2,1-2H3,(H,21,24)(H,22,23,25). The summed E-state index contributed by atoms with van der Waals surface area (Å²) in [5.41, 5.74) is 4.82. The molecule has 0 spiro atoms. The van der Waals surface area contributed by atoms with E-state index < -0.39 is 6.09 Å². The summed E-state index contributed by atoms with van der Waals surface area (Å²) in [4.78, 5) is 34.5. The maximum atomic E-state index is 11.7. The van der Waals surface area contributed by atoms with Crippen molar-refractivity contribution >= 4 is 35.1 Å². The molecule has 6 nitrogen and oxygen atoms in total. The predicted molar refractivity (Wildman–Crippen MR) is 105 cm³/mol. The number of imide groups is 1. The van der Waals surface area contributed by atoms with Crippen molar-refractivity contribution in [3.63, 3.8) is 0 Å². The van der Waals surface area contributed by atoms with E-state index in [0.29, 0.717) is 4.91 Å². The average Bonchev–Trinajstić information content (AvgIpc) is 2.97. The number of benzene rings is 2. The monoisotopic (exact) mass is 382 g/mol. The Hall–Kier alpha value is -3.06. The van der Waals surface area contributed by atoms with E-state index in [1.807, 2.05) is 49.4 Å². The second-order valence-electron chi connectivity index (χ2n) is 5.95. The van der Waals surface area contributed by atoms with E-state index in [4.69, 9.17) is 4.74 Å². The zero-order chi connectivity index (χ0) is 19.4. The van der Waals surface area contributed by atoms with Crippen LogP contribution in [0, 0.1) is 6.92 Å². The molecule has 0 atom stereocenters. The van der Waals surface area contributed by atoms with Gasteiger partial charge in [0.05, 0.1) is 4.91 Å². The van der Waals surface area contributed by atoms with E-state index >= 15 is 0 Å². The number of carbonyl (C=O) groups is 3. The topological polar surface area (TPSA) is 84.5 Å². The quantitative estimate of drug-likeness (QED) is 0.785. The molecule has 0 aromatic heterocycles. The summed E-state index contributed by atoms with van der Waals surface area (Å²) in [6.45, 7) is 2.18. The first-order chi connectivity index (χ1) is 13.0. The summed E-state index contributed by atoms with van der Waals surface area (Å²) < 4.78 is 5.09. The zero-order valence-corrected chi connectivity index (χ0v) is 15.7. The van der Waals surface area contributed by atoms with Gasteiger partial charge in [-0.05, 0) is 58.6 Å². The molecular formula is C20H18N2O4S. The van der Waals surface area contributed by atoms with Gasteiger partial charge in [0.15, 0.2) is 0 Å². The highest BCUT2D eigenvalue weighted by Gasteiger charge is 2.24. The minimum Gasteiger partial charge on any atom is -0.445 e. The number of rotatable bonds is 4. The van der Waals surface area contributed by atoms with Crippen LogP contribution in [-0.2, 0) is 16.1 Å². The van der Waals surface area contributed by atoms with Gasteiger partial charge in [-0.2, -0.15) is 0 Å². The molecule has 0 unspecified atom stereocenters. The van der Waals surface area contributed by atoms with Crippen LogP contribution in [0.15, 0.2) is 47.4 Å². The molecule has 0 saturated carbocycles. The van der Waals surface area contributed by atoms with Gasteiger partial charge < -0.3 is 10.1 Å². The largest absolute Gasteiger partial charge is 0.445 e. The van der Waals surface area contributed by atoms with Gasteiger partial charge in [-0.3, -0.25) is 14.9 Å². The lowest BCUT2D eigenvalue weighted by Crippen LogP contribution is -2.18. The number of aryl methyl sites for hydroxylation is 1. The maximum absolute atomic E-state index is 11.7. The Morgan fingerprint density at radius 2 is 2.04 bits per heavy atom. The Bertz CT molecular complexity index is 953. The molecule has 1 saturated heterocycles. The van der Waals surface area contributed by atoms with Crippen LogP contribution in [0.1, 0.15) is 16.7 Å². The molecule has 1 aliphatic heterocycles. The van der Waals surface area contributed by atoms with Crippen LogP contribution >= 0.6 is 11.8 Å². The summed E-state index contributed by atoms with van der Waals surface area (Å²) in [6, 6.07) is 13.6. The number of ether oxygens (including phenoxy) is 1. The van der Waals surface area contributed by atoms with Crippen LogP contribution < -0.4 is 10.6 Å². The van der Waals surface area contributed by atoms with Crippen molar-refractivity contribution in [3.05, 3.63) is 64.1 Å². The second-order valence-corrected chi connectivity index (χ2v) is 6.97. The maximum Gasteiger partial charge on any atom is 0.407 e. The molecular weight excluding hydrogens is 364 g/mol. The number of nitrogens with one attached hydrogen (secondary N) is 2. The van der Waals surface area contributed by atoms with E-state index in [-0.39, 0.29) is 17.8 Å². The van der Waals surface area contributed by atoms with Gasteiger partial charge in [0, 0.05) is 7.05 Å². The minimum atomic E-state index is -0.471. The molecule has 2 N–H and O–H groups in total. The molecule has 2 aromatic carbocycles. The average molecular weight is 382 g/mol. The van der Waals surface area contributed by atoms with Crippen molar-refractivity contribution in [2.75, 3.05) is 7.05 Å². The molecule has 27 heavy (non-hydrogen) atoms. The molecule has 1 heterocycles. The third-order valence-corrected chi connectivity index (χ3v) is 4.81. The fourth-order valence-corrected chi connectivity index (χ4v) is 3.40. The van der Waals surface area contributed by atoms with Crippen molar-refractivity contribution in [3.8, 4) is 11.1 Å². The molecule has 0 aliphatic carbocycles. The molecule has 3 amide bonds. The van der Waals surface area contributed by atoms with Crippen molar-refractivity contribution in [1.82, 2.24) is 10.6 Å². The summed E-state index contributed by atoms with van der Waals surface area (Å²) in [5.74, 6) is -0.365. The molecule has 0 bridgehead atoms. The Balaban J connectivity index is 1.82. The Morgan fingerprint density at radius 3 is 2.70 bits per heavy atom. The first kappa shape index (κ1) is 18.7. The summed E-state index contributed by atoms with van der Waals surface area (Å²) in [6.07, 6.45) is 1.23. The van der Waals surface area contributed by atoms with Crippen LogP contribution in [0.3, 0.4) is 0 Å². The fourth-order valence-electron chi connectivity index (χ4n) is 2.72. The van der Waals surface area contributed by atoms with Gasteiger partial charge in [-0.1, -0.05) is 36.4 Å². The van der Waals surface area contributed by atoms with E-state index in [0.717, 1.165) is 39.6 Å². The molecule has 1 aliphatic rings. The molecule has 2 aromatic rings. The number of alkyl carbamates (subject to hydrolysis) is 1. The first-order valence-electron chi connectivity index (χ1n) is 8.25. The normalized spacial score (nSPS) is 15.0. The van der Waals surface area contributed by atoms with Gasteiger partial charge in [-0.15, -0.1) is 0 Å². The Kier molecular flexibility index (Phi) is 5.61. The van der Waals surface area contributed by atoms with Crippen LogP contribution in [0.25, 0.3) is 17.2 Å². The number of hydrogen-bond acceptors (Lipinski definition) is 5. The van der Waals surface area contributed by atoms with E-state index in [2.05, 4.69) is 10.6 Å². The van der Waals surface area contributed by atoms with Crippen molar-refractivity contribution in [2.45, 2.75) is 13.5 Å². The summed E-state index contributed by atoms with van der Waals surface area (Å²) >= 11 is 0.901. The lowest BCUT2D eigenvalue weighted by Gasteiger charge is -2.10. The van der Waals surface area contributed by atoms with Crippen LogP contribution in [0.4, 0.5) is 9.59 Å². The molecule has 138 valence electrons. The SMILES string of the molecule is CNC(=O)OCc1cccc(-c2ccc(C=C3SC(=O)NC3=O)cc2C)c1. The smallest absolute Gasteiger partial charge is 0.407 e. The Labute approximate surface area is 161 Å². The van der Waals surface area contributed by atoms with E-state index in [9.17, 15) is 14.4 Å². The summed E-state index contributed by atoms with van der Waals surface area (Å²) in [5, 5.41) is 4.31. The van der Waals surface area contributed by atoms with E-state index in [1.165, 1.54) is 7.05 Å². The highest BCUT2D eigenvalue weighted by Crippen LogP contribution is 2.29. The minimum absolute atomic E-state index is 0.192. The second kappa shape index (κ2) is 8.09. The summed E-state index contributed by atoms with van der Waals surface area (Å²) in [7, 11) is 1.52. The van der Waals surface area contributed by atoms with Crippen molar-refractivity contribution in [1.29, 1.82) is 0 Å². The number of amides is 3. The third kappa shape index (κ3) is 4.57. The van der Waals surface area contributed by atoms with Crippen molar-refractivity contribution in [2.24, 2.45) is 0 Å². The molecule has 7 heteroatoms. The molecule has 1 fully saturated rings. The van der Waals surface area contributed by atoms with Gasteiger partial charge >= 0.3 is 6.09 Å². The Morgan fingerprint density at radius 1 is 1.22 bits per heavy atom. The van der Waals surface area contributed by atoms with Gasteiger partial charge in [0.1, 0.15) is 6.61 Å². The van der Waals surface area contributed by atoms with Gasteiger partial charge in [0.25, 0.3) is 11.1 Å². The van der Waals surface area contributed by atoms with Crippen LogP contribution in [0.5, 0.6) is 0 Å². The molecule has 0 radical (unpaired) electrons. The molecule has 3 rings (SSSR count). The number of thioether (sulfide) groups is 1. The zero-order valence-electron chi connectivity index (χ0n) is 14.9. The first-order valence-corrected chi connectivity index (χ1v) is 9.07. The number of hydrogen-bond donors (Lipinski definition) is 2. The third-order valence-electron chi connectivity index (χ3n) is 4.00. The predicted octanol–water partition coefficient (Wildman–Crippen LogP) is 3.84. The number of carbonyl (C=O) groups excluding carboxylic acids is 3. The lowest BCUT2D eigenvalue weighted by molar-refractivity contribution is -0.115. The lowest BCUT2D eigenvalue weighted by atomic mass is 9.97. The van der Waals surface area contributed by atoms with Crippen LogP contribution in [0.2, 0.25) is 0 Å². The van der Waals surface area contributed by atoms with Crippen molar-refractivity contribution < 1.29 is 19.1 Å². The highest BCUT2D eigenvalue weighted by molar-refractivity contribution is 8.18.